The van der Waals surface area contributed by atoms with Gasteiger partial charge in [-0.25, -0.2) is 24.9 Å². The Bertz CT molecular complexity index is 3390. The summed E-state index contributed by atoms with van der Waals surface area (Å²) < 4.78 is 0. The van der Waals surface area contributed by atoms with Crippen molar-refractivity contribution < 1.29 is 0 Å². The van der Waals surface area contributed by atoms with Crippen LogP contribution < -0.4 is 0 Å². The molecule has 0 saturated carbocycles. The summed E-state index contributed by atoms with van der Waals surface area (Å²) in [5.41, 5.74) is 16.1. The molecule has 0 spiro atoms. The maximum Gasteiger partial charge on any atom is 0.164 e. The van der Waals surface area contributed by atoms with Gasteiger partial charge in [-0.05, 0) is 87.0 Å². The van der Waals surface area contributed by atoms with Gasteiger partial charge in [0.1, 0.15) is 0 Å². The predicted octanol–water partition coefficient (Wildman–Crippen LogP) is 15.3. The van der Waals surface area contributed by atoms with Crippen molar-refractivity contribution in [2.75, 3.05) is 0 Å². The molecule has 0 bridgehead atoms. The molecule has 310 valence electrons. The van der Waals surface area contributed by atoms with E-state index in [9.17, 15) is 0 Å². The topological polar surface area (TPSA) is 64.5 Å². The Labute approximate surface area is 384 Å². The highest BCUT2D eigenvalue weighted by Gasteiger charge is 2.17. The summed E-state index contributed by atoms with van der Waals surface area (Å²) in [6, 6.07) is 85.9. The molecule has 9 aromatic carbocycles. The molecule has 2 heterocycles. The van der Waals surface area contributed by atoms with Crippen LogP contribution >= 0.6 is 0 Å². The van der Waals surface area contributed by atoms with Crippen molar-refractivity contribution in [3.63, 3.8) is 0 Å². The second kappa shape index (κ2) is 18.0. The van der Waals surface area contributed by atoms with Gasteiger partial charge in [0.15, 0.2) is 23.3 Å². The van der Waals surface area contributed by atoms with Crippen molar-refractivity contribution in [1.82, 2.24) is 24.9 Å². The highest BCUT2D eigenvalue weighted by Crippen LogP contribution is 2.36. The molecule has 0 atom stereocenters. The van der Waals surface area contributed by atoms with E-state index in [2.05, 4.69) is 182 Å². The van der Waals surface area contributed by atoms with Gasteiger partial charge in [-0.3, -0.25) is 0 Å². The molecule has 0 aliphatic carbocycles. The predicted molar refractivity (Wildman–Crippen MR) is 270 cm³/mol. The van der Waals surface area contributed by atoms with Crippen molar-refractivity contribution in [3.05, 3.63) is 249 Å². The van der Waals surface area contributed by atoms with Crippen LogP contribution in [0.25, 0.3) is 113 Å². The zero-order chi connectivity index (χ0) is 44.1. The van der Waals surface area contributed by atoms with Crippen molar-refractivity contribution in [1.29, 1.82) is 0 Å². The van der Waals surface area contributed by atoms with Crippen molar-refractivity contribution >= 4 is 0 Å². The Morgan fingerprint density at radius 3 is 0.909 bits per heavy atom. The maximum absolute atomic E-state index is 5.23. The molecule has 5 nitrogen and oxygen atoms in total. The van der Waals surface area contributed by atoms with Crippen LogP contribution in [-0.2, 0) is 0 Å². The normalized spacial score (nSPS) is 11.0. The average Bonchev–Trinajstić information content (AvgIpc) is 3.42. The minimum absolute atomic E-state index is 0.592. The number of hydrogen-bond acceptors (Lipinski definition) is 5. The van der Waals surface area contributed by atoms with Crippen LogP contribution in [0, 0.1) is 0 Å². The Kier molecular flexibility index (Phi) is 10.9. The van der Waals surface area contributed by atoms with E-state index in [0.29, 0.717) is 23.3 Å². The van der Waals surface area contributed by atoms with E-state index in [4.69, 9.17) is 24.9 Å². The maximum atomic E-state index is 5.23. The highest BCUT2D eigenvalue weighted by molar-refractivity contribution is 5.82. The molecule has 11 rings (SSSR count). The zero-order valence-electron chi connectivity index (χ0n) is 35.9. The summed E-state index contributed by atoms with van der Waals surface area (Å²) in [4.78, 5) is 25.8. The van der Waals surface area contributed by atoms with Gasteiger partial charge in [-0.2, -0.15) is 0 Å². The molecule has 0 aliphatic heterocycles. The molecule has 0 saturated heterocycles. The first kappa shape index (κ1) is 39.9. The molecular formula is C61H41N5. The number of aromatic nitrogens is 5. The molecule has 0 amide bonds. The highest BCUT2D eigenvalue weighted by atomic mass is 15.0. The van der Waals surface area contributed by atoms with Crippen molar-refractivity contribution in [2.45, 2.75) is 0 Å². The van der Waals surface area contributed by atoms with Gasteiger partial charge < -0.3 is 0 Å². The minimum Gasteiger partial charge on any atom is -0.228 e. The first-order valence-corrected chi connectivity index (χ1v) is 22.1. The minimum atomic E-state index is 0.592. The van der Waals surface area contributed by atoms with Gasteiger partial charge in [-0.15, -0.1) is 0 Å². The fourth-order valence-electron chi connectivity index (χ4n) is 8.35. The Morgan fingerprint density at radius 1 is 0.152 bits per heavy atom. The first-order chi connectivity index (χ1) is 32.7. The number of hydrogen-bond donors (Lipinski definition) is 0. The molecule has 11 aromatic rings. The van der Waals surface area contributed by atoms with Crippen LogP contribution in [-0.4, -0.2) is 24.9 Å². The van der Waals surface area contributed by atoms with Crippen LogP contribution in [0.5, 0.6) is 0 Å². The standard InChI is InChI=1S/C61H41N5/c1-6-19-42(20-7-1)47-29-17-33-51(36-47)59-62-56(45-25-12-4-13-26-45)41-57(63-59)50-32-16-30-48(35-50)49-31-18-34-52(37-49)60-64-58(46-27-14-5-15-28-46)65-61(66-60)55-39-53(43-21-8-2-9-22-43)38-54(40-55)44-23-10-3-11-24-44/h1-41H. The third-order valence-corrected chi connectivity index (χ3v) is 11.7. The van der Waals surface area contributed by atoms with Gasteiger partial charge in [-0.1, -0.05) is 206 Å². The molecule has 5 heteroatoms. The van der Waals surface area contributed by atoms with Crippen LogP contribution in [0.2, 0.25) is 0 Å². The number of rotatable bonds is 10. The summed E-state index contributed by atoms with van der Waals surface area (Å²) in [6.45, 7) is 0. The summed E-state index contributed by atoms with van der Waals surface area (Å²) in [7, 11) is 0. The summed E-state index contributed by atoms with van der Waals surface area (Å²) in [5.74, 6) is 2.47. The first-order valence-electron chi connectivity index (χ1n) is 22.1. The van der Waals surface area contributed by atoms with E-state index in [1.54, 1.807) is 0 Å². The third kappa shape index (κ3) is 8.57. The van der Waals surface area contributed by atoms with Gasteiger partial charge >= 0.3 is 0 Å². The molecule has 66 heavy (non-hydrogen) atoms. The zero-order valence-corrected chi connectivity index (χ0v) is 35.9. The monoisotopic (exact) mass is 843 g/mol. The van der Waals surface area contributed by atoms with Crippen molar-refractivity contribution in [3.8, 4) is 113 Å². The lowest BCUT2D eigenvalue weighted by Gasteiger charge is -2.13. The van der Waals surface area contributed by atoms with E-state index < -0.39 is 0 Å². The Morgan fingerprint density at radius 2 is 0.424 bits per heavy atom. The van der Waals surface area contributed by atoms with Crippen molar-refractivity contribution in [2.24, 2.45) is 0 Å². The van der Waals surface area contributed by atoms with Gasteiger partial charge in [0.2, 0.25) is 0 Å². The largest absolute Gasteiger partial charge is 0.228 e. The Hall–Kier alpha value is -8.93. The lowest BCUT2D eigenvalue weighted by Crippen LogP contribution is -2.00. The van der Waals surface area contributed by atoms with E-state index in [1.807, 2.05) is 66.7 Å². The van der Waals surface area contributed by atoms with E-state index in [1.165, 1.54) is 0 Å². The van der Waals surface area contributed by atoms with Gasteiger partial charge in [0.05, 0.1) is 11.4 Å². The van der Waals surface area contributed by atoms with Crippen LogP contribution in [0.15, 0.2) is 249 Å². The second-order valence-corrected chi connectivity index (χ2v) is 16.1. The third-order valence-electron chi connectivity index (χ3n) is 11.7. The summed E-state index contributed by atoms with van der Waals surface area (Å²) in [5, 5.41) is 0. The number of nitrogens with zero attached hydrogens (tertiary/aromatic N) is 5. The molecule has 0 fully saturated rings. The van der Waals surface area contributed by atoms with E-state index in [-0.39, 0.29) is 0 Å². The summed E-state index contributed by atoms with van der Waals surface area (Å²) >= 11 is 0. The Balaban J connectivity index is 1.00. The van der Waals surface area contributed by atoms with Crippen LogP contribution in [0.3, 0.4) is 0 Å². The SMILES string of the molecule is c1ccc(-c2cccc(-c3nc(-c4ccccc4)cc(-c4cccc(-c5cccc(-c6nc(-c7ccccc7)nc(-c7cc(-c8ccccc8)cc(-c8ccccc8)c7)n6)c5)c4)n3)c2)cc1. The molecular weight excluding hydrogens is 803 g/mol. The summed E-state index contributed by atoms with van der Waals surface area (Å²) in [6.07, 6.45) is 0. The van der Waals surface area contributed by atoms with Crippen LogP contribution in [0.4, 0.5) is 0 Å². The van der Waals surface area contributed by atoms with Crippen LogP contribution in [0.1, 0.15) is 0 Å². The lowest BCUT2D eigenvalue weighted by atomic mass is 9.96. The average molecular weight is 844 g/mol. The molecule has 0 radical (unpaired) electrons. The van der Waals surface area contributed by atoms with E-state index in [0.717, 1.165) is 89.3 Å². The fraction of sp³-hybridized carbons (Fsp3) is 0. The van der Waals surface area contributed by atoms with E-state index >= 15 is 0 Å². The van der Waals surface area contributed by atoms with Gasteiger partial charge in [0.25, 0.3) is 0 Å². The lowest BCUT2D eigenvalue weighted by molar-refractivity contribution is 1.07. The smallest absolute Gasteiger partial charge is 0.164 e. The molecule has 2 aromatic heterocycles. The van der Waals surface area contributed by atoms with Gasteiger partial charge in [0, 0.05) is 33.4 Å². The molecule has 0 aliphatic rings. The molecule has 0 N–H and O–H groups in total. The second-order valence-electron chi connectivity index (χ2n) is 16.1. The quantitative estimate of drug-likeness (QED) is 0.137. The molecule has 0 unspecified atom stereocenters. The number of benzene rings is 9. The fourth-order valence-corrected chi connectivity index (χ4v) is 8.35.